The Balaban J connectivity index is 1.97. The number of benzene rings is 1. The Kier molecular flexibility index (Phi) is 4.22. The molecule has 1 aliphatic rings. The molecule has 0 saturated heterocycles. The Morgan fingerprint density at radius 3 is 2.67 bits per heavy atom. The first-order valence-corrected chi connectivity index (χ1v) is 8.43. The number of carbonyl (C=O) groups is 1. The largest absolute Gasteiger partial charge is 0.295 e. The molecule has 24 heavy (non-hydrogen) atoms. The molecule has 2 aromatic rings. The lowest BCUT2D eigenvalue weighted by atomic mass is 10.1. The maximum Gasteiger partial charge on any atom is 0.295 e. The molecule has 5 heteroatoms. The average Bonchev–Trinajstić information content (AvgIpc) is 3.06. The summed E-state index contributed by atoms with van der Waals surface area (Å²) in [5, 5.41) is 4.62. The number of amides is 1. The fraction of sp³-hybridized carbons (Fsp3) is 0.474. The maximum absolute atomic E-state index is 12.5. The molecule has 0 atom stereocenters. The van der Waals surface area contributed by atoms with Crippen molar-refractivity contribution < 1.29 is 9.63 Å². The highest BCUT2D eigenvalue weighted by atomic mass is 16.7. The molecule has 0 aliphatic heterocycles. The molecule has 1 heterocycles. The van der Waals surface area contributed by atoms with Crippen LogP contribution >= 0.6 is 0 Å². The molecule has 0 saturated carbocycles. The molecule has 0 radical (unpaired) electrons. The smallest absolute Gasteiger partial charge is 0.268 e. The molecular weight excluding hydrogens is 302 g/mol. The van der Waals surface area contributed by atoms with Gasteiger partial charge in [-0.3, -0.25) is 9.63 Å². The van der Waals surface area contributed by atoms with Gasteiger partial charge >= 0.3 is 0 Å². The molecule has 0 spiro atoms. The minimum atomic E-state index is -0.436. The van der Waals surface area contributed by atoms with E-state index >= 15 is 0 Å². The van der Waals surface area contributed by atoms with Gasteiger partial charge in [-0.2, -0.15) is 5.10 Å². The first kappa shape index (κ1) is 16.7. The van der Waals surface area contributed by atoms with Crippen molar-refractivity contribution in [2.45, 2.75) is 59.5 Å². The Labute approximate surface area is 143 Å². The topological polar surface area (TPSA) is 56.2 Å². The fourth-order valence-corrected chi connectivity index (χ4v) is 3.11. The van der Waals surface area contributed by atoms with Gasteiger partial charge < -0.3 is 0 Å². The third kappa shape index (κ3) is 3.22. The standard InChI is InChI=1S/C19H25N3O2/c1-12-9-10-15(13(2)11-12)22-16-8-6-7-14(16)17(20-22)18(23)21-24-19(3,4)5/h9-11H,6-8H2,1-5H3,(H,21,23). The second-order valence-corrected chi connectivity index (χ2v) is 7.47. The molecule has 1 N–H and O–H groups in total. The van der Waals surface area contributed by atoms with Gasteiger partial charge in [0.05, 0.1) is 11.3 Å². The second kappa shape index (κ2) is 6.06. The maximum atomic E-state index is 12.5. The first-order chi connectivity index (χ1) is 11.3. The van der Waals surface area contributed by atoms with Gasteiger partial charge in [0, 0.05) is 11.3 Å². The molecular formula is C19H25N3O2. The molecule has 3 rings (SSSR count). The number of hydrogen-bond donors (Lipinski definition) is 1. The summed E-state index contributed by atoms with van der Waals surface area (Å²) in [5.74, 6) is -0.272. The zero-order valence-electron chi connectivity index (χ0n) is 15.1. The van der Waals surface area contributed by atoms with Crippen LogP contribution in [0.4, 0.5) is 0 Å². The fourth-order valence-electron chi connectivity index (χ4n) is 3.11. The number of carbonyl (C=O) groups excluding carboxylic acids is 1. The van der Waals surface area contributed by atoms with E-state index in [1.807, 2.05) is 25.5 Å². The summed E-state index contributed by atoms with van der Waals surface area (Å²) in [4.78, 5) is 17.9. The van der Waals surface area contributed by atoms with Crippen LogP contribution in [0.3, 0.4) is 0 Å². The molecule has 5 nitrogen and oxygen atoms in total. The minimum absolute atomic E-state index is 0.272. The Hall–Kier alpha value is -2.14. The van der Waals surface area contributed by atoms with Gasteiger partial charge in [-0.25, -0.2) is 10.2 Å². The summed E-state index contributed by atoms with van der Waals surface area (Å²) in [6.45, 7) is 9.84. The number of fused-ring (bicyclic) bond motifs is 1. The van der Waals surface area contributed by atoms with Crippen molar-refractivity contribution in [3.05, 3.63) is 46.3 Å². The number of aromatic nitrogens is 2. The van der Waals surface area contributed by atoms with Crippen molar-refractivity contribution in [1.29, 1.82) is 0 Å². The molecule has 1 amide bonds. The first-order valence-electron chi connectivity index (χ1n) is 8.43. The van der Waals surface area contributed by atoms with Crippen LogP contribution in [0.2, 0.25) is 0 Å². The van der Waals surface area contributed by atoms with Gasteiger partial charge in [0.25, 0.3) is 5.91 Å². The predicted molar refractivity (Wildman–Crippen MR) is 93.4 cm³/mol. The number of hydrogen-bond acceptors (Lipinski definition) is 3. The Morgan fingerprint density at radius 1 is 1.25 bits per heavy atom. The normalized spacial score (nSPS) is 13.9. The van der Waals surface area contributed by atoms with Crippen molar-refractivity contribution >= 4 is 5.91 Å². The van der Waals surface area contributed by atoms with Gasteiger partial charge in [0.15, 0.2) is 5.69 Å². The number of aryl methyl sites for hydroxylation is 2. The van der Waals surface area contributed by atoms with Crippen LogP contribution in [0.15, 0.2) is 18.2 Å². The summed E-state index contributed by atoms with van der Waals surface area (Å²) >= 11 is 0. The summed E-state index contributed by atoms with van der Waals surface area (Å²) in [6, 6.07) is 6.29. The van der Waals surface area contributed by atoms with Gasteiger partial charge in [-0.05, 0) is 65.5 Å². The zero-order valence-corrected chi connectivity index (χ0v) is 15.1. The van der Waals surface area contributed by atoms with Crippen molar-refractivity contribution in [2.75, 3.05) is 0 Å². The molecule has 1 aromatic carbocycles. The SMILES string of the molecule is Cc1ccc(-n2nc(C(=O)NOC(C)(C)C)c3c2CCC3)c(C)c1. The highest BCUT2D eigenvalue weighted by Gasteiger charge is 2.28. The predicted octanol–water partition coefficient (Wildman–Crippen LogP) is 3.44. The van der Waals surface area contributed by atoms with Crippen LogP contribution in [-0.4, -0.2) is 21.3 Å². The van der Waals surface area contributed by atoms with Gasteiger partial charge in [0.1, 0.15) is 0 Å². The van der Waals surface area contributed by atoms with Crippen molar-refractivity contribution in [3.63, 3.8) is 0 Å². The molecule has 1 aromatic heterocycles. The summed E-state index contributed by atoms with van der Waals surface area (Å²) in [6.07, 6.45) is 2.89. The van der Waals surface area contributed by atoms with E-state index < -0.39 is 5.60 Å². The summed E-state index contributed by atoms with van der Waals surface area (Å²) in [5.41, 5.74) is 8.19. The minimum Gasteiger partial charge on any atom is -0.268 e. The van der Waals surface area contributed by atoms with Crippen molar-refractivity contribution in [2.24, 2.45) is 0 Å². The van der Waals surface area contributed by atoms with Crippen molar-refractivity contribution in [1.82, 2.24) is 15.3 Å². The van der Waals surface area contributed by atoms with Gasteiger partial charge in [-0.15, -0.1) is 0 Å². The third-order valence-electron chi connectivity index (χ3n) is 4.18. The highest BCUT2D eigenvalue weighted by molar-refractivity contribution is 5.93. The number of hydroxylamine groups is 1. The van der Waals surface area contributed by atoms with Gasteiger partial charge in [-0.1, -0.05) is 17.7 Å². The van der Waals surface area contributed by atoms with Crippen LogP contribution < -0.4 is 5.48 Å². The van der Waals surface area contributed by atoms with Crippen LogP contribution in [0.1, 0.15) is 60.1 Å². The molecule has 0 unspecified atom stereocenters. The summed E-state index contributed by atoms with van der Waals surface area (Å²) in [7, 11) is 0. The Bertz CT molecular complexity index is 785. The quantitative estimate of drug-likeness (QED) is 0.879. The monoisotopic (exact) mass is 327 g/mol. The van der Waals surface area contributed by atoms with Crippen molar-refractivity contribution in [3.8, 4) is 5.69 Å². The van der Waals surface area contributed by atoms with E-state index in [9.17, 15) is 4.79 Å². The molecule has 128 valence electrons. The Morgan fingerprint density at radius 2 is 2.00 bits per heavy atom. The summed E-state index contributed by atoms with van der Waals surface area (Å²) < 4.78 is 1.93. The van der Waals surface area contributed by atoms with E-state index in [1.54, 1.807) is 0 Å². The van der Waals surface area contributed by atoms with E-state index in [0.29, 0.717) is 5.69 Å². The number of nitrogens with one attached hydrogen (secondary N) is 1. The van der Waals surface area contributed by atoms with Crippen LogP contribution in [0, 0.1) is 13.8 Å². The lowest BCUT2D eigenvalue weighted by molar-refractivity contribution is -0.0592. The van der Waals surface area contributed by atoms with E-state index in [2.05, 4.69) is 42.6 Å². The average molecular weight is 327 g/mol. The van der Waals surface area contributed by atoms with E-state index in [-0.39, 0.29) is 5.91 Å². The van der Waals surface area contributed by atoms with Crippen LogP contribution in [0.5, 0.6) is 0 Å². The highest BCUT2D eigenvalue weighted by Crippen LogP contribution is 2.29. The second-order valence-electron chi connectivity index (χ2n) is 7.47. The van der Waals surface area contributed by atoms with E-state index in [4.69, 9.17) is 4.84 Å². The van der Waals surface area contributed by atoms with E-state index in [1.165, 1.54) is 5.56 Å². The van der Waals surface area contributed by atoms with Crippen LogP contribution in [-0.2, 0) is 17.7 Å². The number of rotatable bonds is 3. The lowest BCUT2D eigenvalue weighted by Crippen LogP contribution is -2.34. The molecule has 1 aliphatic carbocycles. The molecule has 0 bridgehead atoms. The van der Waals surface area contributed by atoms with Crippen LogP contribution in [0.25, 0.3) is 5.69 Å². The molecule has 0 fully saturated rings. The number of nitrogens with zero attached hydrogens (tertiary/aromatic N) is 2. The zero-order chi connectivity index (χ0) is 17.5. The van der Waals surface area contributed by atoms with E-state index in [0.717, 1.165) is 41.8 Å². The lowest BCUT2D eigenvalue weighted by Gasteiger charge is -2.18. The third-order valence-corrected chi connectivity index (χ3v) is 4.18. The van der Waals surface area contributed by atoms with Gasteiger partial charge in [0.2, 0.25) is 0 Å².